The lowest BCUT2D eigenvalue weighted by Crippen LogP contribution is -2.45. The van der Waals surface area contributed by atoms with Crippen molar-refractivity contribution >= 4 is 41.3 Å². The molecular weight excluding hydrogens is 556 g/mol. The second-order valence-electron chi connectivity index (χ2n) is 11.5. The second-order valence-corrected chi connectivity index (χ2v) is 11.5. The van der Waals surface area contributed by atoms with Crippen molar-refractivity contribution in [1.29, 1.82) is 0 Å². The van der Waals surface area contributed by atoms with E-state index in [9.17, 15) is 24.0 Å². The maximum absolute atomic E-state index is 12.6. The molecule has 0 saturated heterocycles. The molecular formula is C30H42N6O7. The summed E-state index contributed by atoms with van der Waals surface area (Å²) < 4.78 is 10.4. The van der Waals surface area contributed by atoms with Crippen molar-refractivity contribution in [3.05, 3.63) is 59.7 Å². The largest absolute Gasteiger partial charge is 0.444 e. The number of ether oxygens (including phenoxy) is 2. The predicted molar refractivity (Wildman–Crippen MR) is 163 cm³/mol. The molecule has 43 heavy (non-hydrogen) atoms. The maximum atomic E-state index is 12.6. The summed E-state index contributed by atoms with van der Waals surface area (Å²) in [4.78, 5) is 62.7. The summed E-state index contributed by atoms with van der Waals surface area (Å²) >= 11 is 0. The number of benzene rings is 2. The Morgan fingerprint density at radius 2 is 1.00 bits per heavy atom. The molecule has 2 aromatic rings. The molecule has 0 aliphatic heterocycles. The van der Waals surface area contributed by atoms with Gasteiger partial charge in [-0.1, -0.05) is 0 Å². The van der Waals surface area contributed by atoms with Crippen LogP contribution in [0.1, 0.15) is 62.3 Å². The summed E-state index contributed by atoms with van der Waals surface area (Å²) in [5.74, 6) is -1.05. The van der Waals surface area contributed by atoms with Gasteiger partial charge in [-0.25, -0.2) is 9.59 Å². The molecule has 0 aliphatic rings. The fraction of sp³-hybridized carbons (Fsp3) is 0.433. The molecule has 13 nitrogen and oxygen atoms in total. The Morgan fingerprint density at radius 3 is 1.30 bits per heavy atom. The Balaban J connectivity index is 1.81. The van der Waals surface area contributed by atoms with E-state index in [1.165, 1.54) is 4.90 Å². The third-order valence-electron chi connectivity index (χ3n) is 5.45. The highest BCUT2D eigenvalue weighted by atomic mass is 16.6. The standard InChI is InChI=1S/C30H42N6O7/c1-29(2,3)42-27(40)34-22-11-7-20(8-12-22)25(38)32-15-17-36(24(37)19-31)18-16-33-26(39)21-9-13-23(14-10-21)35-28(41)43-30(4,5)6/h7-14H,15-19,31H2,1-6H3,(H,32,38)(H,33,39)(H,34,40)(H,35,41). The van der Waals surface area contributed by atoms with Crippen molar-refractivity contribution in [1.82, 2.24) is 15.5 Å². The van der Waals surface area contributed by atoms with E-state index in [0.29, 0.717) is 22.5 Å². The molecule has 6 N–H and O–H groups in total. The van der Waals surface area contributed by atoms with Crippen LogP contribution >= 0.6 is 0 Å². The maximum Gasteiger partial charge on any atom is 0.412 e. The van der Waals surface area contributed by atoms with Gasteiger partial charge in [0.05, 0.1) is 6.54 Å². The number of carbonyl (C=O) groups excluding carboxylic acids is 5. The van der Waals surface area contributed by atoms with Gasteiger partial charge >= 0.3 is 12.2 Å². The minimum absolute atomic E-state index is 0.155. The van der Waals surface area contributed by atoms with Crippen LogP contribution in [-0.2, 0) is 14.3 Å². The lowest BCUT2D eigenvalue weighted by Gasteiger charge is -2.22. The molecule has 0 atom stereocenters. The smallest absolute Gasteiger partial charge is 0.412 e. The van der Waals surface area contributed by atoms with Crippen molar-refractivity contribution < 1.29 is 33.4 Å². The number of anilines is 2. The molecule has 0 saturated carbocycles. The summed E-state index contributed by atoms with van der Waals surface area (Å²) in [6.45, 7) is 11.0. The third-order valence-corrected chi connectivity index (χ3v) is 5.45. The third kappa shape index (κ3) is 13.3. The second kappa shape index (κ2) is 15.5. The van der Waals surface area contributed by atoms with Crippen LogP contribution in [0.5, 0.6) is 0 Å². The monoisotopic (exact) mass is 598 g/mol. The van der Waals surface area contributed by atoms with Gasteiger partial charge in [-0.05, 0) is 90.1 Å². The fourth-order valence-corrected chi connectivity index (χ4v) is 3.56. The van der Waals surface area contributed by atoms with Crippen molar-refractivity contribution in [3.8, 4) is 0 Å². The van der Waals surface area contributed by atoms with Gasteiger partial charge < -0.3 is 30.7 Å². The highest BCUT2D eigenvalue weighted by Gasteiger charge is 2.18. The summed E-state index contributed by atoms with van der Waals surface area (Å²) in [5, 5.41) is 10.7. The molecule has 2 aromatic carbocycles. The number of nitrogens with one attached hydrogen (secondary N) is 4. The molecule has 0 bridgehead atoms. The van der Waals surface area contributed by atoms with Gasteiger partial charge in [-0.2, -0.15) is 0 Å². The average molecular weight is 599 g/mol. The Bertz CT molecular complexity index is 1170. The van der Waals surface area contributed by atoms with Gasteiger partial charge in [0.25, 0.3) is 11.8 Å². The van der Waals surface area contributed by atoms with Gasteiger partial charge in [-0.15, -0.1) is 0 Å². The van der Waals surface area contributed by atoms with E-state index in [2.05, 4.69) is 21.3 Å². The van der Waals surface area contributed by atoms with Crippen LogP contribution in [0.2, 0.25) is 0 Å². The van der Waals surface area contributed by atoms with Crippen molar-refractivity contribution in [2.45, 2.75) is 52.7 Å². The molecule has 0 radical (unpaired) electrons. The predicted octanol–water partition coefficient (Wildman–Crippen LogP) is 3.33. The number of rotatable bonds is 11. The van der Waals surface area contributed by atoms with E-state index in [4.69, 9.17) is 15.2 Å². The topological polar surface area (TPSA) is 181 Å². The fourth-order valence-electron chi connectivity index (χ4n) is 3.56. The summed E-state index contributed by atoms with van der Waals surface area (Å²) in [5.41, 5.74) is 5.95. The zero-order chi connectivity index (χ0) is 32.2. The quantitative estimate of drug-likeness (QED) is 0.261. The van der Waals surface area contributed by atoms with Gasteiger partial charge in [-0.3, -0.25) is 25.0 Å². The summed E-state index contributed by atoms with van der Waals surface area (Å²) in [6, 6.07) is 12.5. The van der Waals surface area contributed by atoms with E-state index in [1.807, 2.05) is 0 Å². The number of nitrogens with zero attached hydrogens (tertiary/aromatic N) is 1. The van der Waals surface area contributed by atoms with Crippen LogP contribution in [0.3, 0.4) is 0 Å². The van der Waals surface area contributed by atoms with Gasteiger partial charge in [0, 0.05) is 48.7 Å². The highest BCUT2D eigenvalue weighted by molar-refractivity contribution is 5.96. The van der Waals surface area contributed by atoms with Crippen LogP contribution in [0.4, 0.5) is 21.0 Å². The van der Waals surface area contributed by atoms with E-state index in [-0.39, 0.29) is 50.4 Å². The number of carbonyl (C=O) groups is 5. The Morgan fingerprint density at radius 1 is 0.651 bits per heavy atom. The molecule has 0 heterocycles. The average Bonchev–Trinajstić information content (AvgIpc) is 2.90. The number of hydrogen-bond acceptors (Lipinski definition) is 8. The van der Waals surface area contributed by atoms with Crippen molar-refractivity contribution in [2.24, 2.45) is 5.73 Å². The molecule has 0 fully saturated rings. The van der Waals surface area contributed by atoms with Crippen LogP contribution in [0.15, 0.2) is 48.5 Å². The lowest BCUT2D eigenvalue weighted by molar-refractivity contribution is -0.129. The Kier molecular flexibility index (Phi) is 12.5. The minimum atomic E-state index is -0.634. The summed E-state index contributed by atoms with van der Waals surface area (Å²) in [7, 11) is 0. The van der Waals surface area contributed by atoms with Crippen LogP contribution in [-0.4, -0.2) is 78.7 Å². The van der Waals surface area contributed by atoms with E-state index in [1.54, 1.807) is 90.1 Å². The van der Waals surface area contributed by atoms with E-state index < -0.39 is 23.4 Å². The van der Waals surface area contributed by atoms with Crippen LogP contribution in [0, 0.1) is 0 Å². The van der Waals surface area contributed by atoms with Crippen molar-refractivity contribution in [3.63, 3.8) is 0 Å². The van der Waals surface area contributed by atoms with Gasteiger partial charge in [0.2, 0.25) is 5.91 Å². The van der Waals surface area contributed by atoms with E-state index >= 15 is 0 Å². The molecule has 0 aliphatic carbocycles. The first-order chi connectivity index (χ1) is 20.1. The molecule has 0 unspecified atom stereocenters. The normalized spacial score (nSPS) is 11.1. The minimum Gasteiger partial charge on any atom is -0.444 e. The Hall–Kier alpha value is -4.65. The molecule has 13 heteroatoms. The number of amides is 5. The van der Waals surface area contributed by atoms with Crippen LogP contribution in [0.25, 0.3) is 0 Å². The SMILES string of the molecule is CC(C)(C)OC(=O)Nc1ccc(C(=O)NCCN(CCNC(=O)c2ccc(NC(=O)OC(C)(C)C)cc2)C(=O)CN)cc1. The number of nitrogens with two attached hydrogens (primary N) is 1. The van der Waals surface area contributed by atoms with Gasteiger partial charge in [0.1, 0.15) is 11.2 Å². The molecule has 234 valence electrons. The zero-order valence-corrected chi connectivity index (χ0v) is 25.5. The summed E-state index contributed by atoms with van der Waals surface area (Å²) in [6.07, 6.45) is -1.20. The van der Waals surface area contributed by atoms with E-state index in [0.717, 1.165) is 0 Å². The first-order valence-corrected chi connectivity index (χ1v) is 13.8. The number of hydrogen-bond donors (Lipinski definition) is 5. The molecule has 2 rings (SSSR count). The zero-order valence-electron chi connectivity index (χ0n) is 25.5. The molecule has 0 aromatic heterocycles. The first kappa shape index (κ1) is 34.6. The van der Waals surface area contributed by atoms with Crippen LogP contribution < -0.4 is 27.0 Å². The highest BCUT2D eigenvalue weighted by Crippen LogP contribution is 2.14. The lowest BCUT2D eigenvalue weighted by atomic mass is 10.2. The van der Waals surface area contributed by atoms with Gasteiger partial charge in [0.15, 0.2) is 0 Å². The first-order valence-electron chi connectivity index (χ1n) is 13.8. The molecule has 0 spiro atoms. The van der Waals surface area contributed by atoms with Crippen molar-refractivity contribution in [2.75, 3.05) is 43.4 Å². The molecule has 5 amide bonds. The Labute approximate surface area is 251 Å².